The molecule has 3 nitrogen and oxygen atoms in total. The lowest BCUT2D eigenvalue weighted by molar-refractivity contribution is 0.101. The highest BCUT2D eigenvalue weighted by atomic mass is 79.9. The number of carbonyl (C=O) groups is 1. The molecule has 0 aliphatic carbocycles. The number of para-hydroxylation sites is 1. The van der Waals surface area contributed by atoms with Gasteiger partial charge in [0.1, 0.15) is 11.5 Å². The second kappa shape index (κ2) is 7.84. The molecular weight excluding hydrogens is 332 g/mol. The quantitative estimate of drug-likeness (QED) is 0.545. The van der Waals surface area contributed by atoms with Crippen molar-refractivity contribution >= 4 is 21.7 Å². The molecule has 0 aliphatic rings. The van der Waals surface area contributed by atoms with Gasteiger partial charge in [-0.3, -0.25) is 4.79 Å². The van der Waals surface area contributed by atoms with E-state index in [2.05, 4.69) is 15.9 Å². The number of benzene rings is 2. The first-order valence-electron chi connectivity index (χ1n) is 6.78. The summed E-state index contributed by atoms with van der Waals surface area (Å²) in [4.78, 5) is 11.5. The Labute approximate surface area is 133 Å². The number of carbonyl (C=O) groups excluding carboxylic acids is 1. The van der Waals surface area contributed by atoms with E-state index in [1.807, 2.05) is 42.5 Å². The predicted octanol–water partition coefficient (Wildman–Crippen LogP) is 4.50. The Balaban J connectivity index is 1.81. The summed E-state index contributed by atoms with van der Waals surface area (Å²) >= 11 is 3.38. The summed E-state index contributed by atoms with van der Waals surface area (Å²) < 4.78 is 12.2. The van der Waals surface area contributed by atoms with E-state index >= 15 is 0 Å². The lowest BCUT2D eigenvalue weighted by Gasteiger charge is -2.11. The average Bonchev–Trinajstić information content (AvgIpc) is 2.48. The third kappa shape index (κ3) is 4.90. The zero-order valence-electron chi connectivity index (χ0n) is 11.8. The maximum atomic E-state index is 11.5. The smallest absolute Gasteiger partial charge is 0.163 e. The van der Waals surface area contributed by atoms with Gasteiger partial charge in [-0.15, -0.1) is 0 Å². The minimum Gasteiger partial charge on any atom is -0.493 e. The van der Waals surface area contributed by atoms with E-state index in [-0.39, 0.29) is 5.78 Å². The molecule has 0 radical (unpaired) electrons. The largest absolute Gasteiger partial charge is 0.493 e. The van der Waals surface area contributed by atoms with Crippen LogP contribution in [-0.4, -0.2) is 19.0 Å². The van der Waals surface area contributed by atoms with Gasteiger partial charge < -0.3 is 9.47 Å². The number of ketones is 1. The molecule has 2 aromatic carbocycles. The molecule has 2 rings (SSSR count). The highest BCUT2D eigenvalue weighted by Crippen LogP contribution is 2.24. The van der Waals surface area contributed by atoms with Crippen molar-refractivity contribution < 1.29 is 14.3 Å². The first-order chi connectivity index (χ1) is 10.2. The van der Waals surface area contributed by atoms with Gasteiger partial charge >= 0.3 is 0 Å². The van der Waals surface area contributed by atoms with Crippen LogP contribution >= 0.6 is 15.9 Å². The maximum Gasteiger partial charge on any atom is 0.163 e. The fourth-order valence-corrected chi connectivity index (χ4v) is 2.19. The van der Waals surface area contributed by atoms with Crippen molar-refractivity contribution in [3.8, 4) is 11.5 Å². The van der Waals surface area contributed by atoms with Crippen LogP contribution in [0.15, 0.2) is 53.0 Å². The minimum atomic E-state index is -0.00182. The zero-order chi connectivity index (χ0) is 15.1. The van der Waals surface area contributed by atoms with E-state index in [1.165, 1.54) is 6.92 Å². The first-order valence-corrected chi connectivity index (χ1v) is 7.57. The summed E-state index contributed by atoms with van der Waals surface area (Å²) in [6, 6.07) is 15.1. The normalized spacial score (nSPS) is 10.2. The monoisotopic (exact) mass is 348 g/mol. The van der Waals surface area contributed by atoms with Gasteiger partial charge in [0.05, 0.1) is 18.8 Å². The molecule has 0 aliphatic heterocycles. The van der Waals surface area contributed by atoms with Crippen molar-refractivity contribution in [2.45, 2.75) is 13.3 Å². The van der Waals surface area contributed by atoms with Crippen LogP contribution in [0.3, 0.4) is 0 Å². The Morgan fingerprint density at radius 1 is 1.05 bits per heavy atom. The number of Topliss-reactive ketones (excluding diaryl/α,β-unsaturated/α-hetero) is 1. The van der Waals surface area contributed by atoms with E-state index in [0.29, 0.717) is 24.5 Å². The Kier molecular flexibility index (Phi) is 5.81. The summed E-state index contributed by atoms with van der Waals surface area (Å²) in [6.07, 6.45) is 0.749. The molecule has 0 amide bonds. The van der Waals surface area contributed by atoms with Gasteiger partial charge in [-0.25, -0.2) is 0 Å². The lowest BCUT2D eigenvalue weighted by Crippen LogP contribution is -2.07. The summed E-state index contributed by atoms with van der Waals surface area (Å²) in [6.45, 7) is 2.62. The maximum absolute atomic E-state index is 11.5. The van der Waals surface area contributed by atoms with Crippen LogP contribution in [0.5, 0.6) is 11.5 Å². The molecule has 0 unspecified atom stereocenters. The second-order valence-corrected chi connectivity index (χ2v) is 5.48. The Hall–Kier alpha value is -1.81. The Morgan fingerprint density at radius 3 is 2.48 bits per heavy atom. The van der Waals surface area contributed by atoms with Crippen LogP contribution in [0.4, 0.5) is 0 Å². The average molecular weight is 349 g/mol. The molecule has 0 fully saturated rings. The fourth-order valence-electron chi connectivity index (χ4n) is 1.85. The fraction of sp³-hybridized carbons (Fsp3) is 0.235. The molecule has 4 heteroatoms. The number of halogens is 1. The third-order valence-corrected chi connectivity index (χ3v) is 3.37. The van der Waals surface area contributed by atoms with Crippen molar-refractivity contribution in [1.82, 2.24) is 0 Å². The van der Waals surface area contributed by atoms with Crippen molar-refractivity contribution in [1.29, 1.82) is 0 Å². The lowest BCUT2D eigenvalue weighted by atomic mass is 10.1. The first kappa shape index (κ1) is 15.6. The standard InChI is InChI=1S/C17H17BrO3/c1-13(19)16-9-8-14(18)12-17(16)21-11-5-10-20-15-6-3-2-4-7-15/h2-4,6-9,12H,5,10-11H2,1H3. The molecule has 21 heavy (non-hydrogen) atoms. The highest BCUT2D eigenvalue weighted by Gasteiger charge is 2.08. The van der Waals surface area contributed by atoms with Crippen molar-refractivity contribution in [3.05, 3.63) is 58.6 Å². The van der Waals surface area contributed by atoms with E-state index in [9.17, 15) is 4.79 Å². The van der Waals surface area contributed by atoms with Crippen molar-refractivity contribution in [3.63, 3.8) is 0 Å². The van der Waals surface area contributed by atoms with Crippen LogP contribution in [-0.2, 0) is 0 Å². The van der Waals surface area contributed by atoms with Gasteiger partial charge in [0, 0.05) is 10.9 Å². The van der Waals surface area contributed by atoms with E-state index < -0.39 is 0 Å². The van der Waals surface area contributed by atoms with E-state index in [4.69, 9.17) is 9.47 Å². The van der Waals surface area contributed by atoms with E-state index in [1.54, 1.807) is 6.07 Å². The molecule has 0 atom stereocenters. The van der Waals surface area contributed by atoms with Gasteiger partial charge in [0.25, 0.3) is 0 Å². The summed E-state index contributed by atoms with van der Waals surface area (Å²) in [5.74, 6) is 1.46. The summed E-state index contributed by atoms with van der Waals surface area (Å²) in [7, 11) is 0. The van der Waals surface area contributed by atoms with E-state index in [0.717, 1.165) is 16.6 Å². The third-order valence-electron chi connectivity index (χ3n) is 2.88. The topological polar surface area (TPSA) is 35.5 Å². The van der Waals surface area contributed by atoms with Gasteiger partial charge in [-0.1, -0.05) is 34.1 Å². The van der Waals surface area contributed by atoms with Gasteiger partial charge in [0.2, 0.25) is 0 Å². The summed E-state index contributed by atoms with van der Waals surface area (Å²) in [5.41, 5.74) is 0.599. The zero-order valence-corrected chi connectivity index (χ0v) is 13.4. The van der Waals surface area contributed by atoms with Crippen molar-refractivity contribution in [2.24, 2.45) is 0 Å². The molecule has 0 spiro atoms. The molecular formula is C17H17BrO3. The molecule has 0 saturated carbocycles. The number of ether oxygens (including phenoxy) is 2. The molecule has 0 saturated heterocycles. The van der Waals surface area contributed by atoms with Crippen LogP contribution in [0.2, 0.25) is 0 Å². The van der Waals surface area contributed by atoms with Crippen molar-refractivity contribution in [2.75, 3.05) is 13.2 Å². The van der Waals surface area contributed by atoms with Gasteiger partial charge in [-0.2, -0.15) is 0 Å². The Morgan fingerprint density at radius 2 is 1.76 bits per heavy atom. The summed E-state index contributed by atoms with van der Waals surface area (Å²) in [5, 5.41) is 0. The number of hydrogen-bond donors (Lipinski definition) is 0. The van der Waals surface area contributed by atoms with Crippen LogP contribution < -0.4 is 9.47 Å². The molecule has 110 valence electrons. The number of hydrogen-bond acceptors (Lipinski definition) is 3. The minimum absolute atomic E-state index is 0.00182. The van der Waals surface area contributed by atoms with Crippen LogP contribution in [0.1, 0.15) is 23.7 Å². The number of rotatable bonds is 7. The molecule has 0 heterocycles. The van der Waals surface area contributed by atoms with Crippen LogP contribution in [0.25, 0.3) is 0 Å². The van der Waals surface area contributed by atoms with Gasteiger partial charge in [-0.05, 0) is 37.3 Å². The molecule has 0 bridgehead atoms. The molecule has 0 N–H and O–H groups in total. The van der Waals surface area contributed by atoms with Gasteiger partial charge in [0.15, 0.2) is 5.78 Å². The molecule has 2 aromatic rings. The second-order valence-electron chi connectivity index (χ2n) is 4.56. The Bertz CT molecular complexity index is 596. The highest BCUT2D eigenvalue weighted by molar-refractivity contribution is 9.10. The van der Waals surface area contributed by atoms with Crippen LogP contribution in [0, 0.1) is 0 Å². The molecule has 0 aromatic heterocycles. The predicted molar refractivity (Wildman–Crippen MR) is 86.2 cm³/mol. The SMILES string of the molecule is CC(=O)c1ccc(Br)cc1OCCCOc1ccccc1.